The van der Waals surface area contributed by atoms with E-state index < -0.39 is 53.8 Å². The summed E-state index contributed by atoms with van der Waals surface area (Å²) in [6.07, 6.45) is 0.744. The van der Waals surface area contributed by atoms with E-state index in [4.69, 9.17) is 4.42 Å². The minimum Gasteiger partial charge on any atom is -0.443 e. The van der Waals surface area contributed by atoms with Crippen molar-refractivity contribution in [3.05, 3.63) is 49.5 Å². The topological polar surface area (TPSA) is 189 Å². The fourth-order valence-electron chi connectivity index (χ4n) is 4.66. The summed E-state index contributed by atoms with van der Waals surface area (Å²) in [5.41, 5.74) is 0.288. The van der Waals surface area contributed by atoms with Crippen LogP contribution in [0.1, 0.15) is 105 Å². The monoisotopic (exact) mass is 614 g/mol. The van der Waals surface area contributed by atoms with Crippen molar-refractivity contribution in [1.29, 1.82) is 0 Å². The molecule has 0 saturated carbocycles. The third kappa shape index (κ3) is 5.63. The largest absolute Gasteiger partial charge is 0.443 e. The van der Waals surface area contributed by atoms with Gasteiger partial charge in [-0.05, 0) is 19.8 Å². The highest BCUT2D eigenvalue weighted by Gasteiger charge is 2.39. The summed E-state index contributed by atoms with van der Waals surface area (Å²) >= 11 is 2.37. The fraction of sp³-hybridized carbons (Fsp3) is 0.462. The number of rotatable bonds is 4. The predicted octanol–water partition coefficient (Wildman–Crippen LogP) is 2.63. The molecule has 4 N–H and O–H groups in total. The van der Waals surface area contributed by atoms with E-state index in [-0.39, 0.29) is 35.3 Å². The van der Waals surface area contributed by atoms with Crippen molar-refractivity contribution in [2.75, 3.05) is 7.05 Å². The highest BCUT2D eigenvalue weighted by atomic mass is 32.1. The van der Waals surface area contributed by atoms with Crippen molar-refractivity contribution in [2.24, 2.45) is 5.92 Å². The van der Waals surface area contributed by atoms with Crippen LogP contribution in [0, 0.1) is 12.8 Å². The molecule has 0 aliphatic carbocycles. The van der Waals surface area contributed by atoms with Crippen LogP contribution in [0.25, 0.3) is 0 Å². The average molecular weight is 615 g/mol. The summed E-state index contributed by atoms with van der Waals surface area (Å²) in [6.45, 7) is 7.25. The van der Waals surface area contributed by atoms with Gasteiger partial charge in [0.05, 0.1) is 12.1 Å². The zero-order valence-corrected chi connectivity index (χ0v) is 25.1. The van der Waals surface area contributed by atoms with Crippen molar-refractivity contribution < 1.29 is 28.4 Å². The van der Waals surface area contributed by atoms with Crippen molar-refractivity contribution in [1.82, 2.24) is 41.1 Å². The first kappa shape index (κ1) is 29.3. The summed E-state index contributed by atoms with van der Waals surface area (Å²) in [5.74, 6) is -1.59. The first-order valence-corrected chi connectivity index (χ1v) is 15.1. The third-order valence-corrected chi connectivity index (χ3v) is 9.29. The summed E-state index contributed by atoms with van der Waals surface area (Å²) in [7, 11) is 1.49. The standard InChI is InChI=1S/C26H30N8O6S2/c1-6-10(2)17-25-30-15(9-42-25)20(36)28-13(7-16-21(37)33-26(39)34(16)5)24-29-14(8-41-24)19(35)27-11(3)23-32-18(12(4)40-23)22(38)31-17/h8-11,13,16-17H,6-7H2,1-5H3,(H,27,35)(H,28,36)(H,31,38)(H,33,37,39)/t10-,11-,13-,16-,17-/m0/s1. The quantitative estimate of drug-likeness (QED) is 0.320. The van der Waals surface area contributed by atoms with Gasteiger partial charge >= 0.3 is 6.03 Å². The number of carbonyl (C=O) groups excluding carboxylic acids is 5. The molecule has 42 heavy (non-hydrogen) atoms. The van der Waals surface area contributed by atoms with E-state index in [1.54, 1.807) is 19.2 Å². The van der Waals surface area contributed by atoms with Crippen LogP contribution in [-0.4, -0.2) is 62.6 Å². The Labute approximate surface area is 248 Å². The van der Waals surface area contributed by atoms with Gasteiger partial charge in [0.25, 0.3) is 23.6 Å². The number of oxazole rings is 1. The maximum atomic E-state index is 13.4. The summed E-state index contributed by atoms with van der Waals surface area (Å²) in [4.78, 5) is 79.0. The lowest BCUT2D eigenvalue weighted by molar-refractivity contribution is -0.121. The number of hydrogen-bond donors (Lipinski definition) is 4. The number of aryl methyl sites for hydroxylation is 1. The van der Waals surface area contributed by atoms with E-state index in [0.29, 0.717) is 15.8 Å². The zero-order chi connectivity index (χ0) is 30.3. The van der Waals surface area contributed by atoms with Crippen LogP contribution in [-0.2, 0) is 4.79 Å². The predicted molar refractivity (Wildman–Crippen MR) is 151 cm³/mol. The lowest BCUT2D eigenvalue weighted by atomic mass is 9.99. The highest BCUT2D eigenvalue weighted by Crippen LogP contribution is 2.30. The van der Waals surface area contributed by atoms with Gasteiger partial charge in [0.1, 0.15) is 39.2 Å². The number of fused-ring (bicyclic) bond motifs is 6. The van der Waals surface area contributed by atoms with Crippen LogP contribution >= 0.6 is 22.7 Å². The van der Waals surface area contributed by atoms with Gasteiger partial charge in [0.15, 0.2) is 5.69 Å². The molecule has 222 valence electrons. The minimum atomic E-state index is -0.861. The lowest BCUT2D eigenvalue weighted by Crippen LogP contribution is -2.38. The van der Waals surface area contributed by atoms with Gasteiger partial charge in [-0.3, -0.25) is 24.5 Å². The summed E-state index contributed by atoms with van der Waals surface area (Å²) < 4.78 is 5.74. The Morgan fingerprint density at radius 3 is 2.24 bits per heavy atom. The number of aromatic nitrogens is 3. The number of imide groups is 1. The molecule has 0 unspecified atom stereocenters. The maximum absolute atomic E-state index is 13.4. The Balaban J connectivity index is 1.55. The second kappa shape index (κ2) is 11.6. The van der Waals surface area contributed by atoms with Gasteiger partial charge < -0.3 is 25.3 Å². The van der Waals surface area contributed by atoms with Crippen molar-refractivity contribution >= 4 is 52.3 Å². The Morgan fingerprint density at radius 1 is 0.952 bits per heavy atom. The molecule has 1 saturated heterocycles. The second-order valence-corrected chi connectivity index (χ2v) is 12.1. The molecular weight excluding hydrogens is 584 g/mol. The van der Waals surface area contributed by atoms with E-state index in [2.05, 4.69) is 36.2 Å². The van der Waals surface area contributed by atoms with E-state index in [1.807, 2.05) is 13.8 Å². The van der Waals surface area contributed by atoms with Gasteiger partial charge in [-0.2, -0.15) is 0 Å². The van der Waals surface area contributed by atoms with Gasteiger partial charge in [0, 0.05) is 24.2 Å². The van der Waals surface area contributed by atoms with E-state index in [9.17, 15) is 24.0 Å². The van der Waals surface area contributed by atoms with Crippen molar-refractivity contribution in [3.63, 3.8) is 0 Å². The lowest BCUT2D eigenvalue weighted by Gasteiger charge is -2.23. The molecule has 3 aromatic heterocycles. The third-order valence-electron chi connectivity index (χ3n) is 7.40. The van der Waals surface area contributed by atoms with Crippen molar-refractivity contribution in [2.45, 2.75) is 64.7 Å². The van der Waals surface area contributed by atoms with Crippen LogP contribution in [0.5, 0.6) is 0 Å². The number of nitrogens with one attached hydrogen (secondary N) is 4. The smallest absolute Gasteiger partial charge is 0.324 e. The molecule has 3 aromatic rings. The number of thiazole rings is 2. The number of urea groups is 1. The van der Waals surface area contributed by atoms with Crippen LogP contribution < -0.4 is 21.3 Å². The Hall–Kier alpha value is -4.18. The highest BCUT2D eigenvalue weighted by molar-refractivity contribution is 7.10. The van der Waals surface area contributed by atoms with Crippen LogP contribution in [0.2, 0.25) is 0 Å². The van der Waals surface area contributed by atoms with Gasteiger partial charge in [-0.25, -0.2) is 19.7 Å². The molecule has 16 heteroatoms. The summed E-state index contributed by atoms with van der Waals surface area (Å²) in [5, 5.41) is 15.0. The van der Waals surface area contributed by atoms with Crippen molar-refractivity contribution in [3.8, 4) is 0 Å². The molecule has 1 fully saturated rings. The molecule has 5 atom stereocenters. The van der Waals surface area contributed by atoms with Crippen LogP contribution in [0.3, 0.4) is 0 Å². The Bertz CT molecular complexity index is 1560. The SMILES string of the molecule is CC[C@H](C)[C@@H]1NC(=O)c2nc(oc2C)[C@H](C)NC(=O)c2csc(n2)[C@H](C[C@H]2C(=O)NC(=O)N2C)NC(=O)c2csc1n2. The molecule has 14 nitrogen and oxygen atoms in total. The van der Waals surface area contributed by atoms with Gasteiger partial charge in [-0.15, -0.1) is 22.7 Å². The molecule has 0 aromatic carbocycles. The number of hydrogen-bond acceptors (Lipinski definition) is 11. The number of carbonyl (C=O) groups is 5. The van der Waals surface area contributed by atoms with E-state index >= 15 is 0 Å². The average Bonchev–Trinajstić information content (AvgIpc) is 3.75. The fourth-order valence-corrected chi connectivity index (χ4v) is 6.50. The molecule has 6 bridgehead atoms. The molecule has 2 aliphatic heterocycles. The number of likely N-dealkylation sites (N-methyl/N-ethyl adjacent to an activating group) is 1. The second-order valence-electron chi connectivity index (χ2n) is 10.3. The van der Waals surface area contributed by atoms with Gasteiger partial charge in [-0.1, -0.05) is 20.3 Å². The molecule has 0 spiro atoms. The first-order valence-electron chi connectivity index (χ1n) is 13.3. The normalized spacial score (nSPS) is 23.9. The molecule has 5 rings (SSSR count). The Morgan fingerprint density at radius 2 is 1.60 bits per heavy atom. The van der Waals surface area contributed by atoms with E-state index in [1.165, 1.54) is 28.7 Å². The van der Waals surface area contributed by atoms with E-state index in [0.717, 1.165) is 17.8 Å². The minimum absolute atomic E-state index is 0.0195. The molecule has 5 heterocycles. The Kier molecular flexibility index (Phi) is 8.10. The zero-order valence-electron chi connectivity index (χ0n) is 23.5. The number of nitrogens with zero attached hydrogens (tertiary/aromatic N) is 4. The number of amides is 6. The first-order chi connectivity index (χ1) is 20.0. The molecule has 2 aliphatic rings. The molecular formula is C26H30N8O6S2. The van der Waals surface area contributed by atoms with Crippen LogP contribution in [0.15, 0.2) is 15.2 Å². The van der Waals surface area contributed by atoms with Crippen LogP contribution in [0.4, 0.5) is 4.79 Å². The van der Waals surface area contributed by atoms with Gasteiger partial charge in [0.2, 0.25) is 5.89 Å². The summed E-state index contributed by atoms with van der Waals surface area (Å²) in [6, 6.07) is -3.43. The molecule has 0 radical (unpaired) electrons. The maximum Gasteiger partial charge on any atom is 0.324 e. The molecule has 6 amide bonds.